The number of aliphatic imine (C=N–C) groups is 1. The molecule has 0 bridgehead atoms. The van der Waals surface area contributed by atoms with Gasteiger partial charge in [0, 0.05) is 23.7 Å². The number of hydrogen-bond donors (Lipinski definition) is 3. The molecule has 2 aromatic rings. The Morgan fingerprint density at radius 2 is 1.85 bits per heavy atom. The van der Waals surface area contributed by atoms with Crippen molar-refractivity contribution in [3.8, 4) is 0 Å². The summed E-state index contributed by atoms with van der Waals surface area (Å²) < 4.78 is 0. The number of carbonyl (C=O) groups is 1. The number of primary amides is 1. The Morgan fingerprint density at radius 1 is 1.12 bits per heavy atom. The Hall–Kier alpha value is -1.80. The van der Waals surface area contributed by atoms with Crippen molar-refractivity contribution in [1.29, 1.82) is 0 Å². The summed E-state index contributed by atoms with van der Waals surface area (Å²) in [5.41, 5.74) is 7.95. The number of hydrogen-bond acceptors (Lipinski definition) is 2. The van der Waals surface area contributed by atoms with Crippen molar-refractivity contribution < 1.29 is 4.79 Å². The van der Waals surface area contributed by atoms with E-state index in [4.69, 9.17) is 17.3 Å². The van der Waals surface area contributed by atoms with Crippen LogP contribution in [0.2, 0.25) is 5.02 Å². The topological polar surface area (TPSA) is 79.5 Å². The standard InChI is InChI=1S/C19H23ClN4O.HI/c1-2-22-19(23-11-10-14-6-8-17(20)9-7-14)24-13-15-4-3-5-16(12-15)18(21)25;/h3-9,12H,2,10-11,13H2,1H3,(H2,21,25)(H2,22,23,24);1H. The average Bonchev–Trinajstić information content (AvgIpc) is 2.61. The van der Waals surface area contributed by atoms with Gasteiger partial charge in [-0.1, -0.05) is 35.9 Å². The summed E-state index contributed by atoms with van der Waals surface area (Å²) in [6, 6.07) is 15.0. The molecule has 0 unspecified atom stereocenters. The van der Waals surface area contributed by atoms with Crippen molar-refractivity contribution in [2.75, 3.05) is 13.1 Å². The number of carbonyl (C=O) groups excluding carboxylic acids is 1. The first-order valence-electron chi connectivity index (χ1n) is 8.24. The van der Waals surface area contributed by atoms with E-state index in [1.807, 2.05) is 43.3 Å². The molecule has 0 saturated heterocycles. The van der Waals surface area contributed by atoms with Crippen molar-refractivity contribution in [2.45, 2.75) is 19.9 Å². The minimum atomic E-state index is -0.432. The third kappa shape index (κ3) is 7.61. The molecule has 0 aliphatic carbocycles. The molecule has 0 aromatic heterocycles. The Labute approximate surface area is 176 Å². The molecule has 0 aliphatic heterocycles. The van der Waals surface area contributed by atoms with E-state index in [1.165, 1.54) is 5.56 Å². The SMILES string of the molecule is CCNC(=NCc1cccc(C(N)=O)c1)NCCc1ccc(Cl)cc1.I. The van der Waals surface area contributed by atoms with Crippen molar-refractivity contribution in [3.63, 3.8) is 0 Å². The van der Waals surface area contributed by atoms with Crippen molar-refractivity contribution in [1.82, 2.24) is 10.6 Å². The molecule has 7 heteroatoms. The van der Waals surface area contributed by atoms with E-state index in [-0.39, 0.29) is 24.0 Å². The van der Waals surface area contributed by atoms with Crippen LogP contribution in [0.3, 0.4) is 0 Å². The van der Waals surface area contributed by atoms with Crippen LogP contribution in [0.25, 0.3) is 0 Å². The normalized spacial score (nSPS) is 10.8. The number of rotatable bonds is 7. The van der Waals surface area contributed by atoms with Crippen LogP contribution in [0.5, 0.6) is 0 Å². The summed E-state index contributed by atoms with van der Waals surface area (Å²) in [6.45, 7) is 4.02. The van der Waals surface area contributed by atoms with Crippen molar-refractivity contribution >= 4 is 47.4 Å². The summed E-state index contributed by atoms with van der Waals surface area (Å²) >= 11 is 5.89. The largest absolute Gasteiger partial charge is 0.366 e. The van der Waals surface area contributed by atoms with E-state index in [0.717, 1.165) is 36.1 Å². The first-order chi connectivity index (χ1) is 12.1. The molecule has 0 atom stereocenters. The van der Waals surface area contributed by atoms with Gasteiger partial charge in [0.1, 0.15) is 0 Å². The van der Waals surface area contributed by atoms with Gasteiger partial charge in [0.25, 0.3) is 0 Å². The number of amides is 1. The monoisotopic (exact) mass is 486 g/mol. The highest BCUT2D eigenvalue weighted by Crippen LogP contribution is 2.09. The zero-order chi connectivity index (χ0) is 18.1. The van der Waals surface area contributed by atoms with Gasteiger partial charge in [-0.3, -0.25) is 4.79 Å². The van der Waals surface area contributed by atoms with E-state index in [0.29, 0.717) is 12.1 Å². The van der Waals surface area contributed by atoms with Crippen LogP contribution in [0.15, 0.2) is 53.5 Å². The second-order valence-corrected chi connectivity index (χ2v) is 6.00. The molecule has 0 saturated carbocycles. The molecule has 5 nitrogen and oxygen atoms in total. The predicted molar refractivity (Wildman–Crippen MR) is 118 cm³/mol. The first kappa shape index (κ1) is 22.2. The fourth-order valence-corrected chi connectivity index (χ4v) is 2.44. The minimum Gasteiger partial charge on any atom is -0.366 e. The molecule has 0 heterocycles. The van der Waals surface area contributed by atoms with Crippen LogP contribution >= 0.6 is 35.6 Å². The van der Waals surface area contributed by atoms with Gasteiger partial charge in [0.15, 0.2) is 5.96 Å². The van der Waals surface area contributed by atoms with Crippen LogP contribution in [-0.2, 0) is 13.0 Å². The van der Waals surface area contributed by atoms with Gasteiger partial charge in [0.05, 0.1) is 6.54 Å². The summed E-state index contributed by atoms with van der Waals surface area (Å²) in [6.07, 6.45) is 0.874. The van der Waals surface area contributed by atoms with E-state index in [1.54, 1.807) is 12.1 Å². The predicted octanol–water partition coefficient (Wildman–Crippen LogP) is 3.35. The van der Waals surface area contributed by atoms with Crippen LogP contribution in [0.4, 0.5) is 0 Å². The second kappa shape index (κ2) is 11.7. The summed E-state index contributed by atoms with van der Waals surface area (Å²) in [5.74, 6) is 0.305. The number of nitrogens with zero attached hydrogens (tertiary/aromatic N) is 1. The molecule has 26 heavy (non-hydrogen) atoms. The Bertz CT molecular complexity index is 735. The minimum absolute atomic E-state index is 0. The number of guanidine groups is 1. The quantitative estimate of drug-likeness (QED) is 0.319. The molecule has 2 aromatic carbocycles. The molecule has 0 radical (unpaired) electrons. The lowest BCUT2D eigenvalue weighted by Gasteiger charge is -2.11. The van der Waals surface area contributed by atoms with Crippen molar-refractivity contribution in [2.24, 2.45) is 10.7 Å². The maximum atomic E-state index is 11.2. The fourth-order valence-electron chi connectivity index (χ4n) is 2.31. The molecular weight excluding hydrogens is 463 g/mol. The van der Waals surface area contributed by atoms with E-state index >= 15 is 0 Å². The van der Waals surface area contributed by atoms with Crippen molar-refractivity contribution in [3.05, 3.63) is 70.2 Å². The lowest BCUT2D eigenvalue weighted by atomic mass is 10.1. The highest BCUT2D eigenvalue weighted by atomic mass is 127. The van der Waals surface area contributed by atoms with Gasteiger partial charge in [-0.15, -0.1) is 24.0 Å². The third-order valence-corrected chi connectivity index (χ3v) is 3.85. The molecule has 1 amide bonds. The number of benzene rings is 2. The van der Waals surface area contributed by atoms with Gasteiger partial charge >= 0.3 is 0 Å². The number of nitrogens with two attached hydrogens (primary N) is 1. The van der Waals surface area contributed by atoms with Gasteiger partial charge in [-0.25, -0.2) is 4.99 Å². The lowest BCUT2D eigenvalue weighted by molar-refractivity contribution is 0.1000. The molecular formula is C19H24ClIN4O. The average molecular weight is 487 g/mol. The summed E-state index contributed by atoms with van der Waals surface area (Å²) in [7, 11) is 0. The molecule has 0 fully saturated rings. The summed E-state index contributed by atoms with van der Waals surface area (Å²) in [4.78, 5) is 15.8. The van der Waals surface area contributed by atoms with Crippen LogP contribution < -0.4 is 16.4 Å². The van der Waals surface area contributed by atoms with Gasteiger partial charge in [-0.2, -0.15) is 0 Å². The molecule has 4 N–H and O–H groups in total. The van der Waals surface area contributed by atoms with E-state index in [2.05, 4.69) is 15.6 Å². The Morgan fingerprint density at radius 3 is 2.50 bits per heavy atom. The third-order valence-electron chi connectivity index (χ3n) is 3.59. The van der Waals surface area contributed by atoms with E-state index < -0.39 is 5.91 Å². The fraction of sp³-hybridized carbons (Fsp3) is 0.263. The maximum Gasteiger partial charge on any atom is 0.248 e. The lowest BCUT2D eigenvalue weighted by Crippen LogP contribution is -2.38. The molecule has 140 valence electrons. The number of halogens is 2. The molecule has 0 aliphatic rings. The molecule has 2 rings (SSSR count). The second-order valence-electron chi connectivity index (χ2n) is 5.56. The smallest absolute Gasteiger partial charge is 0.248 e. The van der Waals surface area contributed by atoms with Crippen LogP contribution in [-0.4, -0.2) is 25.0 Å². The van der Waals surface area contributed by atoms with Gasteiger partial charge < -0.3 is 16.4 Å². The van der Waals surface area contributed by atoms with Crippen LogP contribution in [0.1, 0.15) is 28.4 Å². The maximum absolute atomic E-state index is 11.2. The first-order valence-corrected chi connectivity index (χ1v) is 8.61. The number of nitrogens with one attached hydrogen (secondary N) is 2. The zero-order valence-corrected chi connectivity index (χ0v) is 17.8. The van der Waals surface area contributed by atoms with Crippen LogP contribution in [0, 0.1) is 0 Å². The van der Waals surface area contributed by atoms with Gasteiger partial charge in [-0.05, 0) is 48.7 Å². The molecule has 0 spiro atoms. The summed E-state index contributed by atoms with van der Waals surface area (Å²) in [5, 5.41) is 7.26. The van der Waals surface area contributed by atoms with E-state index in [9.17, 15) is 4.79 Å². The van der Waals surface area contributed by atoms with Gasteiger partial charge in [0.2, 0.25) is 5.91 Å². The Balaban J connectivity index is 0.00000338. The Kier molecular flexibility index (Phi) is 10.0. The zero-order valence-electron chi connectivity index (χ0n) is 14.7. The highest BCUT2D eigenvalue weighted by Gasteiger charge is 2.02. The highest BCUT2D eigenvalue weighted by molar-refractivity contribution is 14.0.